The number of rotatable bonds is 4. The number of hydrogen-bond donors (Lipinski definition) is 2. The highest BCUT2D eigenvalue weighted by atomic mass is 19.4. The van der Waals surface area contributed by atoms with E-state index >= 15 is 0 Å². The fraction of sp³-hybridized carbons (Fsp3) is 0.571. The van der Waals surface area contributed by atoms with Crippen molar-refractivity contribution < 1.29 is 23.4 Å². The van der Waals surface area contributed by atoms with Crippen molar-refractivity contribution in [3.05, 3.63) is 29.3 Å². The zero-order valence-corrected chi connectivity index (χ0v) is 11.0. The maximum atomic E-state index is 13.1. The maximum absolute atomic E-state index is 13.1. The molecule has 20 heavy (non-hydrogen) atoms. The third-order valence-electron chi connectivity index (χ3n) is 3.71. The quantitative estimate of drug-likeness (QED) is 0.894. The predicted octanol–water partition coefficient (Wildman–Crippen LogP) is 2.41. The van der Waals surface area contributed by atoms with E-state index < -0.39 is 18.3 Å². The Labute approximate surface area is 115 Å². The number of nitrogens with zero attached hydrogens (tertiary/aromatic N) is 1. The number of anilines is 1. The third-order valence-corrected chi connectivity index (χ3v) is 3.71. The number of benzene rings is 1. The molecule has 1 saturated heterocycles. The predicted molar refractivity (Wildman–Crippen MR) is 69.4 cm³/mol. The van der Waals surface area contributed by atoms with E-state index in [1.807, 2.05) is 0 Å². The monoisotopic (exact) mass is 289 g/mol. The van der Waals surface area contributed by atoms with Gasteiger partial charge >= 0.3 is 6.18 Å². The smallest absolute Gasteiger partial charge is 0.396 e. The first-order valence-corrected chi connectivity index (χ1v) is 6.62. The summed E-state index contributed by atoms with van der Waals surface area (Å²) in [5.41, 5.74) is -0.281. The molecule has 0 spiro atoms. The molecule has 1 aliphatic rings. The summed E-state index contributed by atoms with van der Waals surface area (Å²) in [5.74, 6) is 0.235. The lowest BCUT2D eigenvalue weighted by Gasteiger charge is -2.24. The Kier molecular flexibility index (Phi) is 4.55. The van der Waals surface area contributed by atoms with E-state index in [-0.39, 0.29) is 23.8 Å². The van der Waals surface area contributed by atoms with E-state index in [0.717, 1.165) is 12.5 Å². The first-order valence-electron chi connectivity index (χ1n) is 6.62. The molecule has 0 radical (unpaired) electrons. The van der Waals surface area contributed by atoms with Gasteiger partial charge in [0.05, 0.1) is 12.2 Å². The van der Waals surface area contributed by atoms with Crippen molar-refractivity contribution in [3.63, 3.8) is 0 Å². The highest BCUT2D eigenvalue weighted by molar-refractivity contribution is 5.57. The number of halogens is 3. The van der Waals surface area contributed by atoms with Gasteiger partial charge in [-0.3, -0.25) is 0 Å². The van der Waals surface area contributed by atoms with E-state index in [4.69, 9.17) is 10.2 Å². The second-order valence-electron chi connectivity index (χ2n) is 5.12. The highest BCUT2D eigenvalue weighted by Gasteiger charge is 2.36. The van der Waals surface area contributed by atoms with Crippen LogP contribution < -0.4 is 4.90 Å². The molecule has 1 aromatic carbocycles. The minimum absolute atomic E-state index is 0.0636. The molecule has 1 aromatic rings. The van der Waals surface area contributed by atoms with Crippen molar-refractivity contribution in [3.8, 4) is 0 Å². The molecule has 1 heterocycles. The summed E-state index contributed by atoms with van der Waals surface area (Å²) in [6.45, 7) is 0.749. The number of hydrogen-bond acceptors (Lipinski definition) is 3. The normalized spacial score (nSPS) is 19.6. The Hall–Kier alpha value is -1.27. The summed E-state index contributed by atoms with van der Waals surface area (Å²) < 4.78 is 39.3. The molecule has 3 nitrogen and oxygen atoms in total. The molecule has 2 N–H and O–H groups in total. The Morgan fingerprint density at radius 3 is 2.60 bits per heavy atom. The van der Waals surface area contributed by atoms with Crippen LogP contribution in [0, 0.1) is 5.92 Å². The SMILES string of the molecule is OCCC1CCN(c2ccc(CO)cc2C(F)(F)F)C1. The van der Waals surface area contributed by atoms with Crippen LogP contribution >= 0.6 is 0 Å². The largest absolute Gasteiger partial charge is 0.418 e. The standard InChI is InChI=1S/C14H18F3NO2/c15-14(16,17)12-7-11(9-20)1-2-13(12)18-5-3-10(8-18)4-6-19/h1-2,7,10,19-20H,3-6,8-9H2. The molecule has 0 bridgehead atoms. The molecule has 1 unspecified atom stereocenters. The van der Waals surface area contributed by atoms with Crippen LogP contribution in [0.4, 0.5) is 18.9 Å². The molecular weight excluding hydrogens is 271 g/mol. The summed E-state index contributed by atoms with van der Waals surface area (Å²) in [6, 6.07) is 3.95. The van der Waals surface area contributed by atoms with Crippen molar-refractivity contribution in [2.45, 2.75) is 25.6 Å². The molecule has 1 atom stereocenters. The van der Waals surface area contributed by atoms with Crippen LogP contribution in [0.15, 0.2) is 18.2 Å². The van der Waals surface area contributed by atoms with Gasteiger partial charge in [-0.25, -0.2) is 0 Å². The maximum Gasteiger partial charge on any atom is 0.418 e. The molecule has 1 fully saturated rings. The van der Waals surface area contributed by atoms with Crippen molar-refractivity contribution in [2.24, 2.45) is 5.92 Å². The molecular formula is C14H18F3NO2. The van der Waals surface area contributed by atoms with E-state index in [1.54, 1.807) is 4.90 Å². The summed E-state index contributed by atoms with van der Waals surface area (Å²) >= 11 is 0. The zero-order valence-electron chi connectivity index (χ0n) is 11.0. The van der Waals surface area contributed by atoms with Gasteiger partial charge in [-0.2, -0.15) is 13.2 Å². The molecule has 0 aliphatic carbocycles. The Morgan fingerprint density at radius 1 is 1.25 bits per heavy atom. The Bertz CT molecular complexity index is 462. The number of aliphatic hydroxyl groups is 2. The third kappa shape index (κ3) is 3.24. The van der Waals surface area contributed by atoms with Gasteiger partial charge in [0.25, 0.3) is 0 Å². The fourth-order valence-electron chi connectivity index (χ4n) is 2.65. The molecule has 112 valence electrons. The van der Waals surface area contributed by atoms with Gasteiger partial charge in [-0.1, -0.05) is 6.07 Å². The second kappa shape index (κ2) is 6.01. The summed E-state index contributed by atoms with van der Waals surface area (Å²) in [4.78, 5) is 1.71. The Balaban J connectivity index is 2.27. The number of alkyl halides is 3. The molecule has 1 aliphatic heterocycles. The molecule has 0 saturated carbocycles. The van der Waals surface area contributed by atoms with Gasteiger partial charge < -0.3 is 15.1 Å². The van der Waals surface area contributed by atoms with Crippen molar-refractivity contribution >= 4 is 5.69 Å². The molecule has 6 heteroatoms. The van der Waals surface area contributed by atoms with Crippen molar-refractivity contribution in [2.75, 3.05) is 24.6 Å². The summed E-state index contributed by atoms with van der Waals surface area (Å²) in [5, 5.41) is 17.9. The van der Waals surface area contributed by atoms with Gasteiger partial charge in [0.2, 0.25) is 0 Å². The van der Waals surface area contributed by atoms with Crippen LogP contribution in [0.3, 0.4) is 0 Å². The van der Waals surface area contributed by atoms with Crippen LogP contribution in [0.25, 0.3) is 0 Å². The van der Waals surface area contributed by atoms with Gasteiger partial charge in [0.15, 0.2) is 0 Å². The van der Waals surface area contributed by atoms with Crippen LogP contribution in [0.1, 0.15) is 24.0 Å². The van der Waals surface area contributed by atoms with Crippen molar-refractivity contribution in [1.82, 2.24) is 0 Å². The van der Waals surface area contributed by atoms with Crippen molar-refractivity contribution in [1.29, 1.82) is 0 Å². The van der Waals surface area contributed by atoms with Gasteiger partial charge in [-0.15, -0.1) is 0 Å². The second-order valence-corrected chi connectivity index (χ2v) is 5.12. The fourth-order valence-corrected chi connectivity index (χ4v) is 2.65. The average Bonchev–Trinajstić information content (AvgIpc) is 2.86. The van der Waals surface area contributed by atoms with Crippen LogP contribution in [-0.2, 0) is 12.8 Å². The minimum atomic E-state index is -4.43. The lowest BCUT2D eigenvalue weighted by Crippen LogP contribution is -2.23. The Morgan fingerprint density at radius 2 is 2.00 bits per heavy atom. The topological polar surface area (TPSA) is 43.7 Å². The van der Waals surface area contributed by atoms with Crippen LogP contribution in [0.2, 0.25) is 0 Å². The van der Waals surface area contributed by atoms with Crippen LogP contribution in [-0.4, -0.2) is 29.9 Å². The lowest BCUT2D eigenvalue weighted by molar-refractivity contribution is -0.137. The van der Waals surface area contributed by atoms with Gasteiger partial charge in [0.1, 0.15) is 0 Å². The summed E-state index contributed by atoms with van der Waals surface area (Å²) in [6.07, 6.45) is -3.03. The van der Waals surface area contributed by atoms with E-state index in [1.165, 1.54) is 12.1 Å². The van der Waals surface area contributed by atoms with Gasteiger partial charge in [-0.05, 0) is 36.5 Å². The summed E-state index contributed by atoms with van der Waals surface area (Å²) in [7, 11) is 0. The van der Waals surface area contributed by atoms with E-state index in [9.17, 15) is 13.2 Å². The first kappa shape index (κ1) is 15.1. The average molecular weight is 289 g/mol. The molecule has 0 aromatic heterocycles. The van der Waals surface area contributed by atoms with E-state index in [2.05, 4.69) is 0 Å². The molecule has 2 rings (SSSR count). The lowest BCUT2D eigenvalue weighted by atomic mass is 10.1. The number of aliphatic hydroxyl groups excluding tert-OH is 2. The molecule has 0 amide bonds. The minimum Gasteiger partial charge on any atom is -0.396 e. The van der Waals surface area contributed by atoms with E-state index in [0.29, 0.717) is 19.5 Å². The zero-order chi connectivity index (χ0) is 14.8. The van der Waals surface area contributed by atoms with Gasteiger partial charge in [0, 0.05) is 25.4 Å². The van der Waals surface area contributed by atoms with Crippen LogP contribution in [0.5, 0.6) is 0 Å². The first-order chi connectivity index (χ1) is 9.45. The highest BCUT2D eigenvalue weighted by Crippen LogP contribution is 2.39.